The van der Waals surface area contributed by atoms with Crippen molar-refractivity contribution in [1.29, 1.82) is 0 Å². The maximum absolute atomic E-state index is 13.5. The topological polar surface area (TPSA) is 44.1 Å². The summed E-state index contributed by atoms with van der Waals surface area (Å²) in [6, 6.07) is 13.7. The molecule has 1 aromatic heterocycles. The molecule has 0 unspecified atom stereocenters. The van der Waals surface area contributed by atoms with E-state index < -0.39 is 0 Å². The highest BCUT2D eigenvalue weighted by atomic mass is 32.2. The van der Waals surface area contributed by atoms with Crippen LogP contribution in [0.25, 0.3) is 10.9 Å². The first kappa shape index (κ1) is 17.5. The number of nitrogens with zero attached hydrogens (tertiary/aromatic N) is 2. The highest BCUT2D eigenvalue weighted by Crippen LogP contribution is 2.20. The minimum absolute atomic E-state index is 0.0232. The third-order valence-electron chi connectivity index (χ3n) is 3.68. The van der Waals surface area contributed by atoms with Gasteiger partial charge in [-0.3, -0.25) is 9.36 Å². The third kappa shape index (κ3) is 4.02. The zero-order valence-corrected chi connectivity index (χ0v) is 14.8. The number of ether oxygens (including phenoxy) is 1. The molecule has 130 valence electrons. The molecule has 0 saturated carbocycles. The van der Waals surface area contributed by atoms with Crippen LogP contribution in [0, 0.1) is 5.82 Å². The molecule has 0 fully saturated rings. The molecule has 0 aliphatic carbocycles. The molecule has 4 nitrogen and oxygen atoms in total. The lowest BCUT2D eigenvalue weighted by atomic mass is 10.2. The Morgan fingerprint density at radius 3 is 2.72 bits per heavy atom. The van der Waals surface area contributed by atoms with Gasteiger partial charge in [0.15, 0.2) is 16.7 Å². The van der Waals surface area contributed by atoms with E-state index in [1.54, 1.807) is 28.8 Å². The van der Waals surface area contributed by atoms with E-state index in [2.05, 4.69) is 4.98 Å². The van der Waals surface area contributed by atoms with Crippen molar-refractivity contribution >= 4 is 22.7 Å². The summed E-state index contributed by atoms with van der Waals surface area (Å²) in [6.45, 7) is 2.98. The molecule has 0 bridgehead atoms. The Labute approximate surface area is 149 Å². The maximum atomic E-state index is 13.5. The molecule has 0 saturated heterocycles. The van der Waals surface area contributed by atoms with Crippen LogP contribution in [0.3, 0.4) is 0 Å². The number of hydrogen-bond donors (Lipinski definition) is 0. The smallest absolute Gasteiger partial charge is 0.262 e. The summed E-state index contributed by atoms with van der Waals surface area (Å²) in [5.41, 5.74) is 0.669. The fraction of sp³-hybridized carbons (Fsp3) is 0.263. The first-order valence-corrected chi connectivity index (χ1v) is 9.19. The predicted molar refractivity (Wildman–Crippen MR) is 98.9 cm³/mol. The van der Waals surface area contributed by atoms with Gasteiger partial charge in [-0.15, -0.1) is 0 Å². The molecule has 0 spiro atoms. The molecule has 0 aliphatic rings. The monoisotopic (exact) mass is 358 g/mol. The van der Waals surface area contributed by atoms with Crippen LogP contribution < -0.4 is 10.3 Å². The van der Waals surface area contributed by atoms with E-state index in [1.165, 1.54) is 17.8 Å². The molecule has 0 amide bonds. The first-order chi connectivity index (χ1) is 12.2. The second-order valence-electron chi connectivity index (χ2n) is 5.50. The van der Waals surface area contributed by atoms with E-state index in [9.17, 15) is 9.18 Å². The van der Waals surface area contributed by atoms with Crippen molar-refractivity contribution < 1.29 is 9.13 Å². The molecule has 0 atom stereocenters. The van der Waals surface area contributed by atoms with Gasteiger partial charge in [0, 0.05) is 12.3 Å². The summed E-state index contributed by atoms with van der Waals surface area (Å²) in [7, 11) is 0. The normalized spacial score (nSPS) is 11.0. The van der Waals surface area contributed by atoms with Crippen LogP contribution in [-0.2, 0) is 6.54 Å². The lowest BCUT2D eigenvalue weighted by molar-refractivity contribution is 0.324. The molecule has 0 N–H and O–H groups in total. The van der Waals surface area contributed by atoms with Crippen LogP contribution in [-0.4, -0.2) is 21.9 Å². The standard InChI is InChI=1S/C19H19FN2O2S/c1-2-11-22-18(23)14-7-3-5-9-16(14)21-19(22)25-13-12-24-17-10-6-4-8-15(17)20/h3-10H,2,11-13H2,1H3. The van der Waals surface area contributed by atoms with Crippen molar-refractivity contribution in [2.45, 2.75) is 25.0 Å². The second kappa shape index (κ2) is 8.16. The molecule has 0 aliphatic heterocycles. The molecule has 2 aromatic carbocycles. The van der Waals surface area contributed by atoms with Gasteiger partial charge < -0.3 is 4.74 Å². The summed E-state index contributed by atoms with van der Waals surface area (Å²) in [4.78, 5) is 17.3. The number of rotatable bonds is 7. The number of para-hydroxylation sites is 2. The van der Waals surface area contributed by atoms with Crippen LogP contribution >= 0.6 is 11.8 Å². The molecule has 3 rings (SSSR count). The van der Waals surface area contributed by atoms with E-state index in [4.69, 9.17) is 4.74 Å². The minimum atomic E-state index is -0.376. The van der Waals surface area contributed by atoms with Crippen LogP contribution in [0.15, 0.2) is 58.5 Å². The second-order valence-corrected chi connectivity index (χ2v) is 6.56. The average Bonchev–Trinajstić information content (AvgIpc) is 2.63. The molecule has 6 heteroatoms. The largest absolute Gasteiger partial charge is 0.490 e. The van der Waals surface area contributed by atoms with Gasteiger partial charge in [0.1, 0.15) is 0 Å². The Morgan fingerprint density at radius 2 is 1.92 bits per heavy atom. The van der Waals surface area contributed by atoms with E-state index in [0.717, 1.165) is 6.42 Å². The molecular formula is C19H19FN2O2S. The molecule has 0 radical (unpaired) electrons. The van der Waals surface area contributed by atoms with Crippen molar-refractivity contribution in [3.8, 4) is 5.75 Å². The van der Waals surface area contributed by atoms with Crippen molar-refractivity contribution in [2.24, 2.45) is 0 Å². The summed E-state index contributed by atoms with van der Waals surface area (Å²) >= 11 is 1.45. The summed E-state index contributed by atoms with van der Waals surface area (Å²) < 4.78 is 20.7. The molecule has 25 heavy (non-hydrogen) atoms. The van der Waals surface area contributed by atoms with Gasteiger partial charge in [0.25, 0.3) is 5.56 Å². The number of benzene rings is 2. The van der Waals surface area contributed by atoms with E-state index >= 15 is 0 Å². The molecular weight excluding hydrogens is 339 g/mol. The zero-order chi connectivity index (χ0) is 17.6. The van der Waals surface area contributed by atoms with Gasteiger partial charge in [-0.2, -0.15) is 0 Å². The van der Waals surface area contributed by atoms with Gasteiger partial charge in [-0.05, 0) is 30.7 Å². The number of halogens is 1. The lowest BCUT2D eigenvalue weighted by Crippen LogP contribution is -2.23. The Morgan fingerprint density at radius 1 is 1.16 bits per heavy atom. The van der Waals surface area contributed by atoms with Crippen LogP contribution in [0.5, 0.6) is 5.75 Å². The van der Waals surface area contributed by atoms with Gasteiger partial charge in [0.05, 0.1) is 17.5 Å². The fourth-order valence-electron chi connectivity index (χ4n) is 2.53. The van der Waals surface area contributed by atoms with Gasteiger partial charge in [0.2, 0.25) is 0 Å². The average molecular weight is 358 g/mol. The van der Waals surface area contributed by atoms with E-state index in [1.807, 2.05) is 25.1 Å². The highest BCUT2D eigenvalue weighted by molar-refractivity contribution is 7.99. The molecule has 3 aromatic rings. The Kier molecular flexibility index (Phi) is 5.71. The quantitative estimate of drug-likeness (QED) is 0.362. The summed E-state index contributed by atoms with van der Waals surface area (Å²) in [5.74, 6) is 0.433. The number of fused-ring (bicyclic) bond motifs is 1. The Hall–Kier alpha value is -2.34. The number of aromatic nitrogens is 2. The van der Waals surface area contributed by atoms with Gasteiger partial charge in [-0.1, -0.05) is 43.0 Å². The van der Waals surface area contributed by atoms with Gasteiger partial charge in [-0.25, -0.2) is 9.37 Å². The number of hydrogen-bond acceptors (Lipinski definition) is 4. The SMILES string of the molecule is CCCn1c(SCCOc2ccccc2F)nc2ccccc2c1=O. The van der Waals surface area contributed by atoms with E-state index in [0.29, 0.717) is 35.0 Å². The third-order valence-corrected chi connectivity index (χ3v) is 4.62. The van der Waals surface area contributed by atoms with Crippen LogP contribution in [0.2, 0.25) is 0 Å². The minimum Gasteiger partial charge on any atom is -0.490 e. The fourth-order valence-corrected chi connectivity index (χ4v) is 3.37. The first-order valence-electron chi connectivity index (χ1n) is 8.20. The summed E-state index contributed by atoms with van der Waals surface area (Å²) in [5, 5.41) is 1.30. The van der Waals surface area contributed by atoms with Crippen molar-refractivity contribution in [3.05, 3.63) is 64.7 Å². The zero-order valence-electron chi connectivity index (χ0n) is 13.9. The lowest BCUT2D eigenvalue weighted by Gasteiger charge is -2.12. The highest BCUT2D eigenvalue weighted by Gasteiger charge is 2.11. The summed E-state index contributed by atoms with van der Waals surface area (Å²) in [6.07, 6.45) is 0.846. The van der Waals surface area contributed by atoms with Crippen molar-refractivity contribution in [2.75, 3.05) is 12.4 Å². The Balaban J connectivity index is 1.75. The van der Waals surface area contributed by atoms with Crippen molar-refractivity contribution in [3.63, 3.8) is 0 Å². The van der Waals surface area contributed by atoms with Crippen molar-refractivity contribution in [1.82, 2.24) is 9.55 Å². The number of thioether (sulfide) groups is 1. The molecule has 1 heterocycles. The van der Waals surface area contributed by atoms with E-state index in [-0.39, 0.29) is 17.1 Å². The predicted octanol–water partition coefficient (Wildman–Crippen LogP) is 4.12. The Bertz CT molecular complexity index is 927. The van der Waals surface area contributed by atoms with Crippen LogP contribution in [0.4, 0.5) is 4.39 Å². The van der Waals surface area contributed by atoms with Gasteiger partial charge >= 0.3 is 0 Å². The maximum Gasteiger partial charge on any atom is 0.262 e. The van der Waals surface area contributed by atoms with Crippen LogP contribution in [0.1, 0.15) is 13.3 Å².